The second kappa shape index (κ2) is 5.78. The minimum absolute atomic E-state index is 0.0421. The average molecular weight is 309 g/mol. The summed E-state index contributed by atoms with van der Waals surface area (Å²) in [7, 11) is 0. The Labute approximate surface area is 124 Å². The third-order valence-corrected chi connectivity index (χ3v) is 2.95. The molecule has 2 aromatic carbocycles. The van der Waals surface area contributed by atoms with Gasteiger partial charge in [-0.05, 0) is 24.3 Å². The average Bonchev–Trinajstić information content (AvgIpc) is 2.42. The number of nitrogens with zero attached hydrogens (tertiary/aromatic N) is 2. The second-order valence-electron chi connectivity index (χ2n) is 3.72. The first-order valence-electron chi connectivity index (χ1n) is 5.32. The summed E-state index contributed by atoms with van der Waals surface area (Å²) in [5.41, 5.74) is -0.373. The Morgan fingerprint density at radius 1 is 1.20 bits per heavy atom. The zero-order valence-electron chi connectivity index (χ0n) is 9.84. The first-order valence-corrected chi connectivity index (χ1v) is 6.08. The van der Waals surface area contributed by atoms with Crippen molar-refractivity contribution in [1.29, 1.82) is 5.26 Å². The first-order chi connectivity index (χ1) is 9.51. The van der Waals surface area contributed by atoms with Crippen LogP contribution in [0.15, 0.2) is 36.4 Å². The van der Waals surface area contributed by atoms with Gasteiger partial charge in [0.1, 0.15) is 23.1 Å². The van der Waals surface area contributed by atoms with Crippen LogP contribution < -0.4 is 4.74 Å². The molecule has 0 fully saturated rings. The molecule has 0 heterocycles. The van der Waals surface area contributed by atoms with Crippen LogP contribution in [-0.4, -0.2) is 4.92 Å². The lowest BCUT2D eigenvalue weighted by Crippen LogP contribution is -1.93. The zero-order valence-corrected chi connectivity index (χ0v) is 11.4. The van der Waals surface area contributed by atoms with Crippen molar-refractivity contribution in [2.75, 3.05) is 0 Å². The van der Waals surface area contributed by atoms with Crippen molar-refractivity contribution in [2.24, 2.45) is 0 Å². The van der Waals surface area contributed by atoms with Crippen molar-refractivity contribution in [1.82, 2.24) is 0 Å². The molecule has 0 atom stereocenters. The van der Waals surface area contributed by atoms with E-state index in [0.717, 1.165) is 6.07 Å². The van der Waals surface area contributed by atoms with E-state index in [1.807, 2.05) is 0 Å². The number of hydrogen-bond acceptors (Lipinski definition) is 4. The summed E-state index contributed by atoms with van der Waals surface area (Å²) in [4.78, 5) is 10.2. The molecule has 0 aliphatic rings. The van der Waals surface area contributed by atoms with Crippen LogP contribution in [0.25, 0.3) is 0 Å². The van der Waals surface area contributed by atoms with E-state index in [4.69, 9.17) is 33.2 Å². The molecule has 0 amide bonds. The fraction of sp³-hybridized carbons (Fsp3) is 0. The molecule has 0 aliphatic heterocycles. The van der Waals surface area contributed by atoms with Crippen molar-refractivity contribution in [3.63, 3.8) is 0 Å². The molecule has 0 spiro atoms. The number of halogens is 2. The Hall–Kier alpha value is -2.29. The Balaban J connectivity index is 2.40. The molecule has 100 valence electrons. The standard InChI is InChI=1S/C13H6Cl2N2O3/c14-9-2-4-11(15)13(5-9)20-10-3-1-8(7-16)12(6-10)17(18)19/h1-6H. The summed E-state index contributed by atoms with van der Waals surface area (Å²) in [5, 5.41) is 20.4. The molecule has 0 unspecified atom stereocenters. The molecule has 0 aliphatic carbocycles. The van der Waals surface area contributed by atoms with Crippen LogP contribution in [-0.2, 0) is 0 Å². The van der Waals surface area contributed by atoms with Crippen LogP contribution in [0.3, 0.4) is 0 Å². The predicted octanol–water partition coefficient (Wildman–Crippen LogP) is 4.57. The molecule has 7 heteroatoms. The summed E-state index contributed by atoms with van der Waals surface area (Å²) in [5.74, 6) is 0.470. The van der Waals surface area contributed by atoms with Crippen molar-refractivity contribution < 1.29 is 9.66 Å². The van der Waals surface area contributed by atoms with Crippen molar-refractivity contribution in [3.05, 3.63) is 62.1 Å². The number of rotatable bonds is 3. The summed E-state index contributed by atoms with van der Waals surface area (Å²) in [6.07, 6.45) is 0. The number of benzene rings is 2. The minimum Gasteiger partial charge on any atom is -0.455 e. The van der Waals surface area contributed by atoms with E-state index in [1.54, 1.807) is 18.2 Å². The van der Waals surface area contributed by atoms with Gasteiger partial charge in [-0.1, -0.05) is 23.2 Å². The van der Waals surface area contributed by atoms with Crippen molar-refractivity contribution in [3.8, 4) is 17.6 Å². The Morgan fingerprint density at radius 3 is 2.60 bits per heavy atom. The normalized spacial score (nSPS) is 9.85. The fourth-order valence-corrected chi connectivity index (χ4v) is 1.82. The lowest BCUT2D eigenvalue weighted by molar-refractivity contribution is -0.385. The van der Waals surface area contributed by atoms with E-state index in [9.17, 15) is 10.1 Å². The van der Waals surface area contributed by atoms with Crippen LogP contribution in [0, 0.1) is 21.4 Å². The van der Waals surface area contributed by atoms with Gasteiger partial charge in [0, 0.05) is 11.1 Å². The van der Waals surface area contributed by atoms with E-state index >= 15 is 0 Å². The molecule has 2 aromatic rings. The number of ether oxygens (including phenoxy) is 1. The maximum absolute atomic E-state index is 10.9. The fourth-order valence-electron chi connectivity index (χ4n) is 1.50. The van der Waals surface area contributed by atoms with E-state index in [0.29, 0.717) is 10.0 Å². The summed E-state index contributed by atoms with van der Waals surface area (Å²) < 4.78 is 5.45. The molecule has 0 bridgehead atoms. The smallest absolute Gasteiger partial charge is 0.290 e. The van der Waals surface area contributed by atoms with Gasteiger partial charge in [0.05, 0.1) is 16.0 Å². The predicted molar refractivity (Wildman–Crippen MR) is 74.3 cm³/mol. The van der Waals surface area contributed by atoms with Gasteiger partial charge in [-0.15, -0.1) is 0 Å². The van der Waals surface area contributed by atoms with Crippen LogP contribution in [0.4, 0.5) is 5.69 Å². The van der Waals surface area contributed by atoms with Gasteiger partial charge >= 0.3 is 0 Å². The molecule has 20 heavy (non-hydrogen) atoms. The van der Waals surface area contributed by atoms with Crippen LogP contribution >= 0.6 is 23.2 Å². The highest BCUT2D eigenvalue weighted by atomic mass is 35.5. The highest BCUT2D eigenvalue weighted by molar-refractivity contribution is 6.34. The van der Waals surface area contributed by atoms with Gasteiger partial charge in [-0.25, -0.2) is 0 Å². The maximum Gasteiger partial charge on any atom is 0.290 e. The quantitative estimate of drug-likeness (QED) is 0.615. The third-order valence-electron chi connectivity index (χ3n) is 2.41. The van der Waals surface area contributed by atoms with Crippen LogP contribution in [0.5, 0.6) is 11.5 Å². The Morgan fingerprint density at radius 2 is 1.95 bits per heavy atom. The second-order valence-corrected chi connectivity index (χ2v) is 4.57. The molecular weight excluding hydrogens is 303 g/mol. The van der Waals surface area contributed by atoms with Crippen LogP contribution in [0.2, 0.25) is 10.0 Å². The van der Waals surface area contributed by atoms with E-state index in [1.165, 1.54) is 18.2 Å². The summed E-state index contributed by atoms with van der Waals surface area (Å²) in [6.45, 7) is 0. The van der Waals surface area contributed by atoms with Gasteiger partial charge in [0.15, 0.2) is 0 Å². The molecule has 0 radical (unpaired) electrons. The summed E-state index contributed by atoms with van der Waals surface area (Å²) >= 11 is 11.8. The zero-order chi connectivity index (χ0) is 14.7. The maximum atomic E-state index is 10.9. The van der Waals surface area contributed by atoms with Gasteiger partial charge in [0.2, 0.25) is 0 Å². The molecule has 0 N–H and O–H groups in total. The van der Waals surface area contributed by atoms with E-state index < -0.39 is 4.92 Å². The Kier molecular flexibility index (Phi) is 4.08. The number of nitro groups is 1. The largest absolute Gasteiger partial charge is 0.455 e. The SMILES string of the molecule is N#Cc1ccc(Oc2cc(Cl)ccc2Cl)cc1[N+](=O)[O-]. The van der Waals surface area contributed by atoms with Crippen LogP contribution in [0.1, 0.15) is 5.56 Å². The number of nitriles is 1. The topological polar surface area (TPSA) is 76.2 Å². The molecule has 0 saturated carbocycles. The minimum atomic E-state index is -0.648. The third kappa shape index (κ3) is 2.99. The van der Waals surface area contributed by atoms with Gasteiger partial charge in [0.25, 0.3) is 5.69 Å². The number of nitro benzene ring substituents is 1. The molecule has 5 nitrogen and oxygen atoms in total. The molecule has 0 saturated heterocycles. The lowest BCUT2D eigenvalue weighted by atomic mass is 10.2. The van der Waals surface area contributed by atoms with Crippen molar-refractivity contribution >= 4 is 28.9 Å². The lowest BCUT2D eigenvalue weighted by Gasteiger charge is -2.08. The monoisotopic (exact) mass is 308 g/mol. The highest BCUT2D eigenvalue weighted by Gasteiger charge is 2.15. The molecular formula is C13H6Cl2N2O3. The molecule has 2 rings (SSSR count). The first kappa shape index (κ1) is 14.1. The molecule has 0 aromatic heterocycles. The van der Waals surface area contributed by atoms with Gasteiger partial charge < -0.3 is 4.74 Å². The van der Waals surface area contributed by atoms with Gasteiger partial charge in [-0.2, -0.15) is 5.26 Å². The van der Waals surface area contributed by atoms with Crippen molar-refractivity contribution in [2.45, 2.75) is 0 Å². The Bertz CT molecular complexity index is 726. The summed E-state index contributed by atoms with van der Waals surface area (Å²) in [6, 6.07) is 10.3. The highest BCUT2D eigenvalue weighted by Crippen LogP contribution is 2.33. The van der Waals surface area contributed by atoms with Gasteiger partial charge in [-0.3, -0.25) is 10.1 Å². The van der Waals surface area contributed by atoms with E-state index in [-0.39, 0.29) is 22.7 Å². The number of hydrogen-bond donors (Lipinski definition) is 0. The van der Waals surface area contributed by atoms with E-state index in [2.05, 4.69) is 0 Å².